The van der Waals surface area contributed by atoms with Crippen LogP contribution in [0.1, 0.15) is 20.3 Å². The van der Waals surface area contributed by atoms with E-state index in [0.717, 1.165) is 6.42 Å². The summed E-state index contributed by atoms with van der Waals surface area (Å²) in [5.74, 6) is 0. The highest BCUT2D eigenvalue weighted by atomic mass is 19.0. The summed E-state index contributed by atoms with van der Waals surface area (Å²) in [5, 5.41) is 0. The van der Waals surface area contributed by atoms with E-state index in [2.05, 4.69) is 32.0 Å². The monoisotopic (exact) mass is 175 g/mol. The van der Waals surface area contributed by atoms with E-state index in [-0.39, 0.29) is 4.70 Å². The number of rotatable bonds is 1. The van der Waals surface area contributed by atoms with Gasteiger partial charge >= 0.3 is 0 Å². The summed E-state index contributed by atoms with van der Waals surface area (Å²) in [5.41, 5.74) is 1.40. The maximum absolute atomic E-state index is 5.36. The average Bonchev–Trinajstić information content (AvgIpc) is 1.96. The molecule has 0 bridgehead atoms. The van der Waals surface area contributed by atoms with Crippen LogP contribution in [0.15, 0.2) is 11.8 Å². The predicted molar refractivity (Wildman–Crippen MR) is 48.9 cm³/mol. The fraction of sp³-hybridized carbons (Fsp3) is 0.778. The highest BCUT2D eigenvalue weighted by Crippen LogP contribution is 2.20. The summed E-state index contributed by atoms with van der Waals surface area (Å²) in [6.45, 7) is 4.34. The lowest BCUT2D eigenvalue weighted by atomic mass is 10.00. The van der Waals surface area contributed by atoms with Gasteiger partial charge in [-0.1, -0.05) is 5.57 Å². The zero-order valence-electron chi connectivity index (χ0n) is 8.20. The molecule has 0 saturated carbocycles. The van der Waals surface area contributed by atoms with Gasteiger partial charge in [-0.05, 0) is 26.5 Å². The molecule has 0 saturated heterocycles. The van der Waals surface area contributed by atoms with E-state index < -0.39 is 0 Å². The van der Waals surface area contributed by atoms with E-state index in [1.54, 1.807) is 7.11 Å². The van der Waals surface area contributed by atoms with Crippen molar-refractivity contribution in [3.8, 4) is 0 Å². The lowest BCUT2D eigenvalue weighted by Crippen LogP contribution is -2.40. The molecule has 12 heavy (non-hydrogen) atoms. The van der Waals surface area contributed by atoms with E-state index >= 15 is 0 Å². The van der Waals surface area contributed by atoms with Crippen LogP contribution in [0.5, 0.6) is 0 Å². The van der Waals surface area contributed by atoms with Gasteiger partial charge < -0.3 is 9.64 Å². The van der Waals surface area contributed by atoms with Gasteiger partial charge in [-0.3, -0.25) is 4.70 Å². The molecule has 0 aromatic heterocycles. The molecule has 2 atom stereocenters. The molecule has 3 heteroatoms. The molecule has 0 amide bonds. The summed E-state index contributed by atoms with van der Waals surface area (Å²) < 4.78 is 5.36. The Morgan fingerprint density at radius 2 is 2.17 bits per heavy atom. The fourth-order valence-electron chi connectivity index (χ4n) is 1.55. The number of likely N-dealkylation sites (N-methyl/N-ethyl adjacent to an activating group) is 1. The van der Waals surface area contributed by atoms with Gasteiger partial charge in [0, 0.05) is 14.2 Å². The third-order valence-electron chi connectivity index (χ3n) is 2.43. The smallest absolute Gasteiger partial charge is 0.0808 e. The van der Waals surface area contributed by atoms with Crippen LogP contribution in [0.3, 0.4) is 0 Å². The molecule has 1 aliphatic rings. The molecule has 0 aromatic rings. The molecule has 0 spiro atoms. The van der Waals surface area contributed by atoms with Gasteiger partial charge in [0.05, 0.1) is 12.1 Å². The maximum atomic E-state index is 5.36. The first-order valence-corrected chi connectivity index (χ1v) is 4.07. The maximum Gasteiger partial charge on any atom is 0.0808 e. The third kappa shape index (κ3) is 2.21. The zero-order chi connectivity index (χ0) is 8.43. The second-order valence-electron chi connectivity index (χ2n) is 3.36. The predicted octanol–water partition coefficient (Wildman–Crippen LogP) is 1.78. The van der Waals surface area contributed by atoms with Crippen molar-refractivity contribution in [2.24, 2.45) is 0 Å². The van der Waals surface area contributed by atoms with Crippen LogP contribution in [0.25, 0.3) is 0 Å². The van der Waals surface area contributed by atoms with Gasteiger partial charge in [0.25, 0.3) is 0 Å². The minimum atomic E-state index is 0. The van der Waals surface area contributed by atoms with Gasteiger partial charge in [0.15, 0.2) is 0 Å². The molecule has 0 N–H and O–H groups in total. The molecule has 0 aromatic carbocycles. The van der Waals surface area contributed by atoms with E-state index in [9.17, 15) is 0 Å². The molecule has 0 radical (unpaired) electrons. The van der Waals surface area contributed by atoms with E-state index in [0.29, 0.717) is 12.1 Å². The van der Waals surface area contributed by atoms with Gasteiger partial charge in [0.2, 0.25) is 0 Å². The Bertz CT molecular complexity index is 170. The van der Waals surface area contributed by atoms with Gasteiger partial charge in [-0.2, -0.15) is 0 Å². The van der Waals surface area contributed by atoms with Crippen LogP contribution in [0, 0.1) is 0 Å². The topological polar surface area (TPSA) is 12.5 Å². The average molecular weight is 175 g/mol. The van der Waals surface area contributed by atoms with Crippen molar-refractivity contribution in [3.05, 3.63) is 11.8 Å². The molecule has 1 aliphatic heterocycles. The molecular formula is C9H18FNO. The van der Waals surface area contributed by atoms with Crippen molar-refractivity contribution in [2.45, 2.75) is 32.4 Å². The first kappa shape index (κ1) is 11.4. The van der Waals surface area contributed by atoms with Gasteiger partial charge in [-0.25, -0.2) is 0 Å². The number of nitrogens with zero attached hydrogens (tertiary/aromatic N) is 1. The van der Waals surface area contributed by atoms with Crippen LogP contribution in [-0.4, -0.2) is 31.2 Å². The molecule has 0 aliphatic carbocycles. The second kappa shape index (κ2) is 4.45. The summed E-state index contributed by atoms with van der Waals surface area (Å²) >= 11 is 0. The van der Waals surface area contributed by atoms with Gasteiger partial charge in [-0.15, -0.1) is 0 Å². The lowest BCUT2D eigenvalue weighted by Gasteiger charge is -2.35. The Kier molecular flexibility index (Phi) is 4.24. The highest BCUT2D eigenvalue weighted by Gasteiger charge is 2.23. The van der Waals surface area contributed by atoms with E-state index in [1.807, 2.05) is 0 Å². The standard InChI is InChI=1S/C9H17NO.FH/c1-7-5-9(11-4)8(2)10(3)6-7;/h6,8-9H,5H2,1-4H3;1H/t8-,9+;/m0./s1. The molecule has 0 unspecified atom stereocenters. The zero-order valence-corrected chi connectivity index (χ0v) is 8.20. The number of methoxy groups -OCH3 is 1. The van der Waals surface area contributed by atoms with Crippen molar-refractivity contribution in [3.63, 3.8) is 0 Å². The minimum Gasteiger partial charge on any atom is -0.379 e. The normalized spacial score (nSPS) is 29.3. The first-order valence-electron chi connectivity index (χ1n) is 4.07. The summed E-state index contributed by atoms with van der Waals surface area (Å²) in [6.07, 6.45) is 3.63. The van der Waals surface area contributed by atoms with Crippen molar-refractivity contribution in [1.82, 2.24) is 4.90 Å². The molecule has 1 heterocycles. The first-order chi connectivity index (χ1) is 5.15. The van der Waals surface area contributed by atoms with Crippen LogP contribution in [0.4, 0.5) is 4.70 Å². The molecule has 2 nitrogen and oxygen atoms in total. The number of ether oxygens (including phenoxy) is 1. The molecular weight excluding hydrogens is 157 g/mol. The van der Waals surface area contributed by atoms with Crippen molar-refractivity contribution in [1.29, 1.82) is 0 Å². The Morgan fingerprint density at radius 3 is 2.67 bits per heavy atom. The summed E-state index contributed by atoms with van der Waals surface area (Å²) in [4.78, 5) is 2.22. The third-order valence-corrected chi connectivity index (χ3v) is 2.43. The van der Waals surface area contributed by atoms with Crippen molar-refractivity contribution >= 4 is 0 Å². The number of hydrogen-bond donors (Lipinski definition) is 0. The summed E-state index contributed by atoms with van der Waals surface area (Å²) in [7, 11) is 3.88. The Hall–Kier alpha value is -0.570. The molecule has 0 fully saturated rings. The van der Waals surface area contributed by atoms with Crippen molar-refractivity contribution in [2.75, 3.05) is 14.2 Å². The number of halogens is 1. The van der Waals surface area contributed by atoms with Crippen LogP contribution >= 0.6 is 0 Å². The van der Waals surface area contributed by atoms with Crippen molar-refractivity contribution < 1.29 is 9.44 Å². The van der Waals surface area contributed by atoms with Crippen LogP contribution < -0.4 is 0 Å². The fourth-order valence-corrected chi connectivity index (χ4v) is 1.55. The second-order valence-corrected chi connectivity index (χ2v) is 3.36. The highest BCUT2D eigenvalue weighted by molar-refractivity contribution is 5.06. The largest absolute Gasteiger partial charge is 0.379 e. The SMILES string of the molecule is CO[C@@H]1CC(C)=CN(C)[C@H]1C.F. The summed E-state index contributed by atoms with van der Waals surface area (Å²) in [6, 6.07) is 0.503. The Balaban J connectivity index is 0.00000121. The van der Waals surface area contributed by atoms with E-state index in [4.69, 9.17) is 4.74 Å². The quantitative estimate of drug-likeness (QED) is 0.602. The van der Waals surface area contributed by atoms with Gasteiger partial charge in [0.1, 0.15) is 0 Å². The minimum absolute atomic E-state index is 0. The lowest BCUT2D eigenvalue weighted by molar-refractivity contribution is 0.0373. The van der Waals surface area contributed by atoms with E-state index in [1.165, 1.54) is 5.57 Å². The number of hydrogen-bond acceptors (Lipinski definition) is 2. The van der Waals surface area contributed by atoms with Crippen LogP contribution in [0.2, 0.25) is 0 Å². The Labute approximate surface area is 73.6 Å². The molecule has 72 valence electrons. The molecule has 1 rings (SSSR count). The van der Waals surface area contributed by atoms with Crippen LogP contribution in [-0.2, 0) is 4.74 Å². The Morgan fingerprint density at radius 1 is 1.58 bits per heavy atom.